The summed E-state index contributed by atoms with van der Waals surface area (Å²) in [7, 11) is -1.56. The second-order valence-electron chi connectivity index (χ2n) is 17.1. The van der Waals surface area contributed by atoms with Gasteiger partial charge in [-0.15, -0.1) is 0 Å². The van der Waals surface area contributed by atoms with E-state index in [0.717, 1.165) is 0 Å². The molecule has 360 valence electrons. The Morgan fingerprint density at radius 2 is 1.38 bits per heavy atom. The summed E-state index contributed by atoms with van der Waals surface area (Å²) in [5.74, 6) is -4.64. The zero-order chi connectivity index (χ0) is 49.3. The zero-order valence-corrected chi connectivity index (χ0v) is 38.6. The van der Waals surface area contributed by atoms with Crippen molar-refractivity contribution in [2.75, 3.05) is 29.5 Å². The molecule has 13 nitrogen and oxygen atoms in total. The lowest BCUT2D eigenvalue weighted by molar-refractivity contribution is -0.170. The molecule has 1 N–H and O–H groups in total. The van der Waals surface area contributed by atoms with Gasteiger partial charge in [-0.3, -0.25) is 19.2 Å². The summed E-state index contributed by atoms with van der Waals surface area (Å²) in [6.07, 6.45) is -9.52. The molecule has 4 aromatic rings. The van der Waals surface area contributed by atoms with Gasteiger partial charge in [0.25, 0.3) is 12.4 Å². The summed E-state index contributed by atoms with van der Waals surface area (Å²) in [4.78, 5) is 53.4. The summed E-state index contributed by atoms with van der Waals surface area (Å²) < 4.78 is 110. The van der Waals surface area contributed by atoms with Crippen LogP contribution in [0.3, 0.4) is 0 Å². The number of nitrogens with zero attached hydrogens (tertiary/aromatic N) is 4. The summed E-state index contributed by atoms with van der Waals surface area (Å²) in [6, 6.07) is 19.3. The Labute approximate surface area is 389 Å². The van der Waals surface area contributed by atoms with E-state index >= 15 is 0 Å². The van der Waals surface area contributed by atoms with Crippen LogP contribution in [0.2, 0.25) is 0 Å². The summed E-state index contributed by atoms with van der Waals surface area (Å²) in [5.41, 5.74) is 0.0246. The number of aryl methyl sites for hydroxylation is 3. The maximum Gasteiger partial charge on any atom is 0.471 e. The molecule has 0 saturated carbocycles. The first-order chi connectivity index (χ1) is 32.2. The van der Waals surface area contributed by atoms with Crippen molar-refractivity contribution in [3.05, 3.63) is 111 Å². The molecular formula is C48H48F6N5O8P. The topological polar surface area (TPSA) is 151 Å². The molecule has 7 rings (SSSR count). The number of fused-ring (bicyclic) bond motifs is 4. The zero-order valence-electron chi connectivity index (χ0n) is 37.7. The van der Waals surface area contributed by atoms with Crippen LogP contribution in [0.5, 0.6) is 17.2 Å². The lowest BCUT2D eigenvalue weighted by atomic mass is 9.74. The van der Waals surface area contributed by atoms with Crippen molar-refractivity contribution in [1.82, 2.24) is 9.99 Å². The van der Waals surface area contributed by atoms with Crippen LogP contribution in [-0.2, 0) is 48.6 Å². The lowest BCUT2D eigenvalue weighted by Crippen LogP contribution is -2.45. The number of hydrogen-bond donors (Lipinski definition) is 1. The number of anilines is 2. The first-order valence-corrected chi connectivity index (χ1v) is 23.0. The maximum absolute atomic E-state index is 14.0. The van der Waals surface area contributed by atoms with E-state index in [0.29, 0.717) is 37.8 Å². The minimum Gasteiger partial charge on any atom is -0.456 e. The van der Waals surface area contributed by atoms with Gasteiger partial charge >= 0.3 is 32.7 Å². The number of alkyl halides is 6. The third kappa shape index (κ3) is 9.85. The highest BCUT2D eigenvalue weighted by atomic mass is 31.2. The van der Waals surface area contributed by atoms with E-state index in [-0.39, 0.29) is 122 Å². The van der Waals surface area contributed by atoms with Crippen LogP contribution in [-0.4, -0.2) is 73.0 Å². The number of rotatable bonds is 14. The number of nitrogens with one attached hydrogen (secondary N) is 1. The number of carbonyl (C=O) groups excluding carboxylic acids is 4. The van der Waals surface area contributed by atoms with Crippen LogP contribution >= 0.6 is 8.53 Å². The number of benzene rings is 4. The number of hydrogen-bond acceptors (Lipinski definition) is 10. The molecule has 3 aliphatic rings. The number of halogens is 6. The molecular weight excluding hydrogens is 920 g/mol. The first-order valence-electron chi connectivity index (χ1n) is 21.9. The summed E-state index contributed by atoms with van der Waals surface area (Å²) >= 11 is 0. The van der Waals surface area contributed by atoms with Crippen LogP contribution in [0.15, 0.2) is 66.7 Å². The molecule has 4 aromatic carbocycles. The Bertz CT molecular complexity index is 2530. The molecule has 0 spiro atoms. The number of amides is 3. The standard InChI is InChI=1S/C48H48F6N5O8P/c1-28(2)59(29(3)4)68(65-20-8-17-55)67-35-15-12-31(13-16-35)26-56-43(61)34-14-11-30(5)36(23-34)46(64-27-60)37-21-32-9-6-18-57(44(62)47(49,50)51)39(32)24-41(37)66-42-25-40-33(22-38(42)46)10-7-19-58(40)45(63)48(52,53)54/h11-16,21-25,27-29H,6-10,18-20,26H2,1-5H3,(H,56,61). The quantitative estimate of drug-likeness (QED) is 0.0560. The van der Waals surface area contributed by atoms with Crippen LogP contribution in [0.25, 0.3) is 0 Å². The molecule has 0 radical (unpaired) electrons. The molecule has 0 aliphatic carbocycles. The Morgan fingerprint density at radius 3 is 1.87 bits per heavy atom. The fraction of sp³-hybridized carbons (Fsp3) is 0.396. The van der Waals surface area contributed by atoms with Gasteiger partial charge in [-0.1, -0.05) is 18.2 Å². The third-order valence-corrected chi connectivity index (χ3v) is 14.0. The summed E-state index contributed by atoms with van der Waals surface area (Å²) in [5, 5.41) is 12.0. The number of nitriles is 1. The molecule has 3 aliphatic heterocycles. The van der Waals surface area contributed by atoms with Crippen molar-refractivity contribution >= 4 is 44.1 Å². The van der Waals surface area contributed by atoms with Crippen LogP contribution in [0.1, 0.15) is 96.3 Å². The van der Waals surface area contributed by atoms with Gasteiger partial charge in [-0.25, -0.2) is 4.67 Å². The van der Waals surface area contributed by atoms with E-state index < -0.39 is 44.2 Å². The highest BCUT2D eigenvalue weighted by Gasteiger charge is 2.51. The van der Waals surface area contributed by atoms with E-state index in [1.807, 2.05) is 27.7 Å². The molecule has 0 saturated heterocycles. The fourth-order valence-corrected chi connectivity index (χ4v) is 10.5. The Kier molecular flexibility index (Phi) is 14.5. The maximum atomic E-state index is 14.0. The third-order valence-electron chi connectivity index (χ3n) is 11.9. The van der Waals surface area contributed by atoms with Crippen LogP contribution in [0.4, 0.5) is 37.7 Å². The van der Waals surface area contributed by atoms with Gasteiger partial charge in [0.2, 0.25) is 0 Å². The average molecular weight is 968 g/mol. The van der Waals surface area contributed by atoms with Gasteiger partial charge in [0, 0.05) is 66.1 Å². The Morgan fingerprint density at radius 1 is 0.838 bits per heavy atom. The predicted molar refractivity (Wildman–Crippen MR) is 238 cm³/mol. The van der Waals surface area contributed by atoms with Gasteiger partial charge in [0.15, 0.2) is 5.60 Å². The minimum atomic E-state index is -5.23. The van der Waals surface area contributed by atoms with E-state index in [1.54, 1.807) is 43.3 Å². The molecule has 0 fully saturated rings. The smallest absolute Gasteiger partial charge is 0.456 e. The second-order valence-corrected chi connectivity index (χ2v) is 18.4. The van der Waals surface area contributed by atoms with E-state index in [4.69, 9.17) is 23.8 Å². The van der Waals surface area contributed by atoms with E-state index in [2.05, 4.69) is 16.1 Å². The van der Waals surface area contributed by atoms with Crippen molar-refractivity contribution in [2.45, 2.75) is 103 Å². The number of ether oxygens (including phenoxy) is 2. The molecule has 3 amide bonds. The van der Waals surface area contributed by atoms with Crippen molar-refractivity contribution in [2.24, 2.45) is 0 Å². The normalized spacial score (nSPS) is 15.6. The molecule has 68 heavy (non-hydrogen) atoms. The SMILES string of the molecule is Cc1ccc(C(=O)NCc2ccc(OP(OCCC#N)N(C(C)C)C(C)C)cc2)cc1C1(OC=O)c2cc3c(cc2Oc2cc4c(cc21)CCCN4C(=O)C(F)(F)F)N(C(=O)C(F)(F)F)CCC3. The second kappa shape index (κ2) is 19.8. The molecule has 0 bridgehead atoms. The Balaban J connectivity index is 1.27. The molecule has 20 heteroatoms. The largest absolute Gasteiger partial charge is 0.471 e. The van der Waals surface area contributed by atoms with Crippen LogP contribution < -0.4 is 24.4 Å². The van der Waals surface area contributed by atoms with Gasteiger partial charge in [0.05, 0.1) is 30.5 Å². The average Bonchev–Trinajstić information content (AvgIpc) is 3.28. The molecule has 0 aromatic heterocycles. The number of carbonyl (C=O) groups is 4. The minimum absolute atomic E-state index is 0.0634. The van der Waals surface area contributed by atoms with Gasteiger partial charge in [-0.05, 0) is 119 Å². The van der Waals surface area contributed by atoms with Gasteiger partial charge in [-0.2, -0.15) is 31.6 Å². The fourth-order valence-electron chi connectivity index (χ4n) is 8.96. The van der Waals surface area contributed by atoms with Crippen LogP contribution in [0, 0.1) is 18.3 Å². The Hall–Kier alpha value is -6.22. The van der Waals surface area contributed by atoms with E-state index in [9.17, 15) is 45.5 Å². The van der Waals surface area contributed by atoms with Crippen molar-refractivity contribution < 1.29 is 64.0 Å². The molecule has 3 heterocycles. The lowest BCUT2D eigenvalue weighted by Gasteiger charge is -2.42. The highest BCUT2D eigenvalue weighted by Crippen LogP contribution is 2.57. The van der Waals surface area contributed by atoms with Gasteiger partial charge in [0.1, 0.15) is 17.2 Å². The molecule has 1 unspecified atom stereocenters. The first kappa shape index (κ1) is 49.7. The highest BCUT2D eigenvalue weighted by molar-refractivity contribution is 7.45. The van der Waals surface area contributed by atoms with Crippen molar-refractivity contribution in [3.8, 4) is 23.3 Å². The summed E-state index contributed by atoms with van der Waals surface area (Å²) in [6.45, 7) is 9.63. The predicted octanol–water partition coefficient (Wildman–Crippen LogP) is 9.83. The van der Waals surface area contributed by atoms with Crippen molar-refractivity contribution in [1.29, 1.82) is 5.26 Å². The monoisotopic (exact) mass is 967 g/mol. The van der Waals surface area contributed by atoms with E-state index in [1.165, 1.54) is 30.3 Å². The van der Waals surface area contributed by atoms with Crippen molar-refractivity contribution in [3.63, 3.8) is 0 Å². The van der Waals surface area contributed by atoms with Gasteiger partial charge < -0.3 is 33.6 Å². The molecule has 1 atom stereocenters.